The van der Waals surface area contributed by atoms with Crippen molar-refractivity contribution in [3.05, 3.63) is 42.0 Å². The van der Waals surface area contributed by atoms with E-state index in [1.165, 1.54) is 160 Å². The van der Waals surface area contributed by atoms with E-state index in [-0.39, 0.29) is 25.0 Å². The second kappa shape index (κ2) is 37.7. The number of aliphatic hydroxyl groups excluding tert-OH is 1. The first-order valence-corrected chi connectivity index (χ1v) is 20.9. The standard InChI is InChI=1S/C43H78N2O3.ClH/c1-3-5-7-9-11-13-15-17-19-21-22-24-26-28-30-32-34-42-44-40-41(45(42)37-38-46)36-39-48-43(47)35-33-31-29-27-25-23-20-18-16-14-12-10-8-6-4-2;/h17-20,40,46H,3-16,21-39H2,1-2H3;1H/b19-17-,20-18-;. The molecule has 2 N–H and O–H groups in total. The SMILES string of the molecule is CCCCCCCC/C=C\CCCCCCCCc1[nH]cc(CCOC(=O)CCCCCCC/C=C\CCCCCCCC)[n+]1CCO.[Cl-]. The normalized spacial score (nSPS) is 11.6. The minimum absolute atomic E-state index is 0. The number of nitrogens with one attached hydrogen (secondary N) is 1. The van der Waals surface area contributed by atoms with Gasteiger partial charge in [0.25, 0.3) is 5.82 Å². The molecule has 0 bridgehead atoms. The summed E-state index contributed by atoms with van der Waals surface area (Å²) < 4.78 is 7.75. The molecule has 0 aliphatic rings. The predicted octanol–water partition coefficient (Wildman–Crippen LogP) is 9.00. The van der Waals surface area contributed by atoms with E-state index in [0.717, 1.165) is 31.4 Å². The molecule has 0 unspecified atom stereocenters. The zero-order valence-electron chi connectivity index (χ0n) is 32.3. The van der Waals surface area contributed by atoms with Crippen LogP contribution in [0.15, 0.2) is 30.5 Å². The largest absolute Gasteiger partial charge is 1.00 e. The second-order valence-corrected chi connectivity index (χ2v) is 14.1. The van der Waals surface area contributed by atoms with Crippen LogP contribution >= 0.6 is 0 Å². The van der Waals surface area contributed by atoms with Gasteiger partial charge in [-0.25, -0.2) is 9.55 Å². The van der Waals surface area contributed by atoms with Crippen LogP contribution in [0.25, 0.3) is 0 Å². The molecule has 1 aromatic heterocycles. The van der Waals surface area contributed by atoms with E-state index >= 15 is 0 Å². The van der Waals surface area contributed by atoms with Gasteiger partial charge in [0.1, 0.15) is 18.4 Å². The molecule has 0 spiro atoms. The van der Waals surface area contributed by atoms with Gasteiger partial charge in [0, 0.05) is 19.3 Å². The number of hydrogen-bond donors (Lipinski definition) is 2. The van der Waals surface area contributed by atoms with Gasteiger partial charge in [0.05, 0.1) is 13.2 Å². The minimum Gasteiger partial charge on any atom is -1.00 e. The number of imidazole rings is 1. The predicted molar refractivity (Wildman–Crippen MR) is 205 cm³/mol. The number of ether oxygens (including phenoxy) is 1. The molecule has 0 saturated heterocycles. The summed E-state index contributed by atoms with van der Waals surface area (Å²) >= 11 is 0. The van der Waals surface area contributed by atoms with Crippen LogP contribution in [0.5, 0.6) is 0 Å². The van der Waals surface area contributed by atoms with Gasteiger partial charge >= 0.3 is 5.97 Å². The van der Waals surface area contributed by atoms with Gasteiger partial charge < -0.3 is 22.3 Å². The molecule has 1 aromatic rings. The molecule has 0 atom stereocenters. The summed E-state index contributed by atoms with van der Waals surface area (Å²) in [5.74, 6) is 1.09. The first-order valence-electron chi connectivity index (χ1n) is 20.9. The van der Waals surface area contributed by atoms with Gasteiger partial charge in [0.2, 0.25) is 0 Å². The van der Waals surface area contributed by atoms with Crippen molar-refractivity contribution in [2.75, 3.05) is 13.2 Å². The Morgan fingerprint density at radius 3 is 1.53 bits per heavy atom. The Morgan fingerprint density at radius 1 is 0.633 bits per heavy atom. The third kappa shape index (κ3) is 29.8. The third-order valence-electron chi connectivity index (χ3n) is 9.59. The number of aliphatic hydroxyl groups is 1. The maximum atomic E-state index is 12.3. The lowest BCUT2D eigenvalue weighted by atomic mass is 10.1. The van der Waals surface area contributed by atoms with Crippen molar-refractivity contribution in [2.45, 2.75) is 213 Å². The van der Waals surface area contributed by atoms with Gasteiger partial charge in [-0.2, -0.15) is 0 Å². The number of rotatable bonds is 36. The highest BCUT2D eigenvalue weighted by Gasteiger charge is 2.17. The van der Waals surface area contributed by atoms with E-state index in [1.54, 1.807) is 0 Å². The molecule has 0 aliphatic heterocycles. The first kappa shape index (κ1) is 47.4. The summed E-state index contributed by atoms with van der Waals surface area (Å²) in [6.07, 6.45) is 48.5. The number of carbonyl (C=O) groups excluding carboxylic acids is 1. The van der Waals surface area contributed by atoms with Crippen molar-refractivity contribution < 1.29 is 31.6 Å². The molecule has 0 aromatic carbocycles. The Bertz CT molecular complexity index is 898. The molecule has 5 nitrogen and oxygen atoms in total. The molecule has 1 rings (SSSR count). The van der Waals surface area contributed by atoms with E-state index in [9.17, 15) is 9.90 Å². The third-order valence-corrected chi connectivity index (χ3v) is 9.59. The molecular weight excluding hydrogens is 628 g/mol. The number of hydrogen-bond acceptors (Lipinski definition) is 3. The zero-order valence-corrected chi connectivity index (χ0v) is 33.1. The number of nitrogens with zero attached hydrogens (tertiary/aromatic N) is 1. The monoisotopic (exact) mass is 707 g/mol. The number of H-pyrrole nitrogens is 1. The van der Waals surface area contributed by atoms with Crippen LogP contribution in [-0.2, 0) is 28.9 Å². The maximum Gasteiger partial charge on any atom is 0.305 e. The van der Waals surface area contributed by atoms with Crippen molar-refractivity contribution in [3.8, 4) is 0 Å². The van der Waals surface area contributed by atoms with E-state index < -0.39 is 0 Å². The van der Waals surface area contributed by atoms with Gasteiger partial charge in [-0.1, -0.05) is 147 Å². The minimum atomic E-state index is -0.0821. The number of carbonyl (C=O) groups is 1. The van der Waals surface area contributed by atoms with E-state index in [4.69, 9.17) is 4.74 Å². The van der Waals surface area contributed by atoms with Gasteiger partial charge in [-0.05, 0) is 64.2 Å². The smallest absolute Gasteiger partial charge is 0.305 e. The fourth-order valence-electron chi connectivity index (χ4n) is 6.51. The molecular formula is C43H79ClN2O3. The Labute approximate surface area is 310 Å². The molecule has 0 amide bonds. The average molecular weight is 708 g/mol. The zero-order chi connectivity index (χ0) is 34.6. The van der Waals surface area contributed by atoms with Crippen molar-refractivity contribution in [1.29, 1.82) is 0 Å². The molecule has 0 radical (unpaired) electrons. The van der Waals surface area contributed by atoms with Crippen LogP contribution in [0.2, 0.25) is 0 Å². The van der Waals surface area contributed by atoms with Crippen LogP contribution in [-0.4, -0.2) is 29.3 Å². The van der Waals surface area contributed by atoms with Crippen LogP contribution in [0, 0.1) is 0 Å². The van der Waals surface area contributed by atoms with Crippen molar-refractivity contribution in [1.82, 2.24) is 4.98 Å². The lowest BCUT2D eigenvalue weighted by Crippen LogP contribution is -3.00. The molecule has 49 heavy (non-hydrogen) atoms. The number of esters is 1. The number of halogens is 1. The first-order chi connectivity index (χ1) is 23.7. The van der Waals surface area contributed by atoms with Crippen LogP contribution in [0.4, 0.5) is 0 Å². The quantitative estimate of drug-likeness (QED) is 0.0317. The van der Waals surface area contributed by atoms with Gasteiger partial charge in [0.15, 0.2) is 0 Å². The van der Waals surface area contributed by atoms with Gasteiger partial charge in [-0.15, -0.1) is 0 Å². The summed E-state index contributed by atoms with van der Waals surface area (Å²) in [4.78, 5) is 15.7. The summed E-state index contributed by atoms with van der Waals surface area (Å²) in [5, 5.41) is 9.65. The molecule has 0 fully saturated rings. The van der Waals surface area contributed by atoms with E-state index in [1.807, 2.05) is 6.20 Å². The van der Waals surface area contributed by atoms with E-state index in [2.05, 4.69) is 47.7 Å². The highest BCUT2D eigenvalue weighted by atomic mass is 35.5. The summed E-state index contributed by atoms with van der Waals surface area (Å²) in [6.45, 7) is 5.66. The van der Waals surface area contributed by atoms with Crippen LogP contribution in [0.1, 0.15) is 205 Å². The van der Waals surface area contributed by atoms with Crippen LogP contribution < -0.4 is 17.0 Å². The highest BCUT2D eigenvalue weighted by molar-refractivity contribution is 5.69. The Balaban J connectivity index is 0.0000230. The maximum absolute atomic E-state index is 12.3. The molecule has 286 valence electrons. The Morgan fingerprint density at radius 2 is 1.06 bits per heavy atom. The number of aromatic amines is 1. The molecule has 6 heteroatoms. The second-order valence-electron chi connectivity index (χ2n) is 14.1. The summed E-state index contributed by atoms with van der Waals surface area (Å²) in [5.41, 5.74) is 1.11. The fraction of sp³-hybridized carbons (Fsp3) is 0.814. The van der Waals surface area contributed by atoms with Crippen molar-refractivity contribution >= 4 is 5.97 Å². The van der Waals surface area contributed by atoms with Crippen molar-refractivity contribution in [3.63, 3.8) is 0 Å². The van der Waals surface area contributed by atoms with E-state index in [0.29, 0.717) is 26.0 Å². The summed E-state index contributed by atoms with van der Waals surface area (Å²) in [6, 6.07) is 0. The molecule has 0 saturated carbocycles. The molecule has 0 aliphatic carbocycles. The number of allylic oxidation sites excluding steroid dienone is 4. The van der Waals surface area contributed by atoms with Crippen molar-refractivity contribution in [2.24, 2.45) is 0 Å². The lowest BCUT2D eigenvalue weighted by molar-refractivity contribution is -0.711. The fourth-order valence-corrected chi connectivity index (χ4v) is 6.51. The van der Waals surface area contributed by atoms with Gasteiger partial charge in [-0.3, -0.25) is 4.79 Å². The average Bonchev–Trinajstić information content (AvgIpc) is 3.47. The van der Waals surface area contributed by atoms with Crippen LogP contribution in [0.3, 0.4) is 0 Å². The Hall–Kier alpha value is -1.59. The Kier molecular flexibility index (Phi) is 36.4. The highest BCUT2D eigenvalue weighted by Crippen LogP contribution is 2.13. The number of aromatic nitrogens is 2. The number of unbranched alkanes of at least 4 members (excludes halogenated alkanes) is 23. The lowest BCUT2D eigenvalue weighted by Gasteiger charge is -2.06. The molecule has 1 heterocycles. The number of aryl methyl sites for hydroxylation is 1. The summed E-state index contributed by atoms with van der Waals surface area (Å²) in [7, 11) is 0. The topological polar surface area (TPSA) is 66.2 Å².